The molecule has 2 rings (SSSR count). The zero-order chi connectivity index (χ0) is 13.1. The van der Waals surface area contributed by atoms with Gasteiger partial charge in [-0.2, -0.15) is 0 Å². The Morgan fingerprint density at radius 2 is 1.65 bits per heavy atom. The van der Waals surface area contributed by atoms with Crippen LogP contribution in [0.25, 0.3) is 11.0 Å². The van der Waals surface area contributed by atoms with Crippen LogP contribution in [0.3, 0.4) is 0 Å². The van der Waals surface area contributed by atoms with Gasteiger partial charge in [0, 0.05) is 0 Å². The number of hydrogen-bond acceptors (Lipinski definition) is 4. The summed E-state index contributed by atoms with van der Waals surface area (Å²) in [5.74, 6) is -0.0400. The Labute approximate surface area is 94.8 Å². The van der Waals surface area contributed by atoms with Crippen molar-refractivity contribution in [3.8, 4) is 5.75 Å². The summed E-state index contributed by atoms with van der Waals surface area (Å²) in [5.41, 5.74) is -0.131. The summed E-state index contributed by atoms with van der Waals surface area (Å²) < 4.78 is 13.7. The van der Waals surface area contributed by atoms with Crippen molar-refractivity contribution in [2.75, 3.05) is 0 Å². The first kappa shape index (κ1) is 13.4. The van der Waals surface area contributed by atoms with Crippen molar-refractivity contribution in [3.63, 3.8) is 0 Å². The van der Waals surface area contributed by atoms with E-state index in [1.807, 2.05) is 0 Å². The van der Waals surface area contributed by atoms with Crippen LogP contribution in [0.1, 0.15) is 0 Å². The van der Waals surface area contributed by atoms with E-state index < -0.39 is 13.4 Å². The van der Waals surface area contributed by atoms with Gasteiger partial charge in [0.05, 0.1) is 11.5 Å². The Kier molecular flexibility index (Phi) is 4.03. The van der Waals surface area contributed by atoms with Crippen LogP contribution in [0.2, 0.25) is 0 Å². The number of fused-ring (bicyclic) bond motifs is 1. The fraction of sp³-hybridized carbons (Fsp3) is 0. The smallest absolute Gasteiger partial charge is 0.466 e. The van der Waals surface area contributed by atoms with Crippen LogP contribution in [0, 0.1) is 0 Å². The Balaban J connectivity index is 0.000000249. The maximum absolute atomic E-state index is 10.8. The molecule has 0 spiro atoms. The molecule has 0 unspecified atom stereocenters. The highest BCUT2D eigenvalue weighted by Crippen LogP contribution is 2.25. The standard InChI is InChI=1S/C9H6O3.H3O4P/c10-7-5-9(11)12-8-4-2-1-3-6(7)8;1-5(2,3)4/h1-5,10H;(H3,1,2,3,4). The largest absolute Gasteiger partial charge is 0.507 e. The van der Waals surface area contributed by atoms with Crippen LogP contribution in [0.5, 0.6) is 5.75 Å². The summed E-state index contributed by atoms with van der Waals surface area (Å²) >= 11 is 0. The molecule has 0 aliphatic carbocycles. The number of rotatable bonds is 0. The van der Waals surface area contributed by atoms with Crippen LogP contribution in [0.15, 0.2) is 39.5 Å². The molecule has 0 aliphatic rings. The quantitative estimate of drug-likeness (QED) is 0.402. The first-order chi connectivity index (χ1) is 7.77. The molecule has 0 amide bonds. The van der Waals surface area contributed by atoms with Gasteiger partial charge in [0.2, 0.25) is 0 Å². The Bertz CT molecular complexity index is 604. The van der Waals surface area contributed by atoms with Crippen LogP contribution in [-0.4, -0.2) is 19.8 Å². The predicted molar refractivity (Wildman–Crippen MR) is 58.4 cm³/mol. The molecule has 8 heteroatoms. The molecule has 92 valence electrons. The average Bonchev–Trinajstić information content (AvgIpc) is 2.14. The van der Waals surface area contributed by atoms with Gasteiger partial charge in [-0.3, -0.25) is 0 Å². The van der Waals surface area contributed by atoms with Crippen molar-refractivity contribution >= 4 is 18.8 Å². The van der Waals surface area contributed by atoms with E-state index in [1.165, 1.54) is 0 Å². The lowest BCUT2D eigenvalue weighted by Gasteiger charge is -1.96. The lowest BCUT2D eigenvalue weighted by Crippen LogP contribution is -1.94. The number of hydrogen-bond donors (Lipinski definition) is 4. The third kappa shape index (κ3) is 4.80. The molecule has 2 aromatic rings. The van der Waals surface area contributed by atoms with Gasteiger partial charge in [0.15, 0.2) is 0 Å². The van der Waals surface area contributed by atoms with Crippen molar-refractivity contribution in [1.82, 2.24) is 0 Å². The molecule has 1 heterocycles. The number of phosphoric acid groups is 1. The maximum atomic E-state index is 10.8. The highest BCUT2D eigenvalue weighted by atomic mass is 31.2. The zero-order valence-corrected chi connectivity index (χ0v) is 9.24. The molecule has 7 nitrogen and oxygen atoms in total. The van der Waals surface area contributed by atoms with Crippen molar-refractivity contribution in [2.45, 2.75) is 0 Å². The molecule has 4 N–H and O–H groups in total. The number of benzene rings is 1. The number of aromatic hydroxyl groups is 1. The Morgan fingerprint density at radius 1 is 1.12 bits per heavy atom. The predicted octanol–water partition coefficient (Wildman–Crippen LogP) is 0.570. The van der Waals surface area contributed by atoms with Crippen molar-refractivity contribution < 1.29 is 28.8 Å². The Hall–Kier alpha value is -1.66. The minimum Gasteiger partial charge on any atom is -0.507 e. The van der Waals surface area contributed by atoms with Crippen LogP contribution >= 0.6 is 7.82 Å². The van der Waals surface area contributed by atoms with E-state index in [1.54, 1.807) is 24.3 Å². The van der Waals surface area contributed by atoms with Gasteiger partial charge in [-0.25, -0.2) is 9.36 Å². The summed E-state index contributed by atoms with van der Waals surface area (Å²) in [6.07, 6.45) is 0. The third-order valence-corrected chi connectivity index (χ3v) is 1.63. The molecule has 1 aromatic carbocycles. The molecule has 17 heavy (non-hydrogen) atoms. The SMILES string of the molecule is O=P(O)(O)O.O=c1cc(O)c2ccccc2o1. The van der Waals surface area contributed by atoms with Crippen molar-refractivity contribution in [3.05, 3.63) is 40.8 Å². The van der Waals surface area contributed by atoms with E-state index in [0.717, 1.165) is 6.07 Å². The molecular weight excluding hydrogens is 251 g/mol. The molecule has 0 atom stereocenters. The first-order valence-corrected chi connectivity index (χ1v) is 5.84. The van der Waals surface area contributed by atoms with Gasteiger partial charge in [-0.1, -0.05) is 12.1 Å². The summed E-state index contributed by atoms with van der Waals surface area (Å²) in [6, 6.07) is 7.89. The van der Waals surface area contributed by atoms with E-state index in [4.69, 9.17) is 23.7 Å². The van der Waals surface area contributed by atoms with Gasteiger partial charge in [0.1, 0.15) is 11.3 Å². The fourth-order valence-electron chi connectivity index (χ4n) is 1.09. The highest BCUT2D eigenvalue weighted by Gasteiger charge is 2.01. The Morgan fingerprint density at radius 3 is 2.24 bits per heavy atom. The van der Waals surface area contributed by atoms with Gasteiger partial charge in [-0.05, 0) is 12.1 Å². The minimum atomic E-state index is -4.64. The first-order valence-electron chi connectivity index (χ1n) is 4.27. The zero-order valence-electron chi connectivity index (χ0n) is 8.35. The summed E-state index contributed by atoms with van der Waals surface area (Å²) in [4.78, 5) is 32.3. The highest BCUT2D eigenvalue weighted by molar-refractivity contribution is 7.45. The van der Waals surface area contributed by atoms with Gasteiger partial charge < -0.3 is 24.2 Å². The normalized spacial score (nSPS) is 10.8. The molecule has 1 aromatic heterocycles. The summed E-state index contributed by atoms with van der Waals surface area (Å²) in [5, 5.41) is 9.84. The second kappa shape index (κ2) is 5.11. The molecule has 0 saturated heterocycles. The molecule has 0 fully saturated rings. The van der Waals surface area contributed by atoms with Crippen LogP contribution in [0.4, 0.5) is 0 Å². The summed E-state index contributed by atoms with van der Waals surface area (Å²) in [7, 11) is -4.64. The van der Waals surface area contributed by atoms with E-state index >= 15 is 0 Å². The molecule has 0 radical (unpaired) electrons. The fourth-order valence-corrected chi connectivity index (χ4v) is 1.09. The molecular formula is C9H9O7P. The van der Waals surface area contributed by atoms with Crippen LogP contribution in [-0.2, 0) is 4.57 Å². The lowest BCUT2D eigenvalue weighted by atomic mass is 10.2. The maximum Gasteiger partial charge on any atom is 0.466 e. The average molecular weight is 260 g/mol. The van der Waals surface area contributed by atoms with E-state index in [0.29, 0.717) is 11.0 Å². The van der Waals surface area contributed by atoms with E-state index in [9.17, 15) is 9.90 Å². The lowest BCUT2D eigenvalue weighted by molar-refractivity contribution is 0.275. The van der Waals surface area contributed by atoms with Gasteiger partial charge in [0.25, 0.3) is 0 Å². The topological polar surface area (TPSA) is 128 Å². The second-order valence-corrected chi connectivity index (χ2v) is 3.99. The van der Waals surface area contributed by atoms with Gasteiger partial charge >= 0.3 is 13.4 Å². The monoisotopic (exact) mass is 260 g/mol. The van der Waals surface area contributed by atoms with Crippen molar-refractivity contribution in [2.24, 2.45) is 0 Å². The van der Waals surface area contributed by atoms with E-state index in [2.05, 4.69) is 0 Å². The minimum absolute atomic E-state index is 0.0400. The molecule has 0 bridgehead atoms. The molecule has 0 saturated carbocycles. The van der Waals surface area contributed by atoms with Crippen molar-refractivity contribution in [1.29, 1.82) is 0 Å². The molecule has 0 aliphatic heterocycles. The van der Waals surface area contributed by atoms with E-state index in [-0.39, 0.29) is 5.75 Å². The van der Waals surface area contributed by atoms with Gasteiger partial charge in [-0.15, -0.1) is 0 Å². The second-order valence-electron chi connectivity index (χ2n) is 2.96. The number of para-hydroxylation sites is 1. The third-order valence-electron chi connectivity index (χ3n) is 1.63. The van der Waals surface area contributed by atoms with Crippen LogP contribution < -0.4 is 5.63 Å². The summed E-state index contributed by atoms with van der Waals surface area (Å²) in [6.45, 7) is 0.